The van der Waals surface area contributed by atoms with E-state index >= 15 is 0 Å². The molecule has 5 rings (SSSR count). The van der Waals surface area contributed by atoms with Gasteiger partial charge in [0.15, 0.2) is 0 Å². The van der Waals surface area contributed by atoms with Gasteiger partial charge in [0.1, 0.15) is 11.6 Å². The largest absolute Gasteiger partial charge is 0.474 e. The zero-order chi connectivity index (χ0) is 27.6. The van der Waals surface area contributed by atoms with Crippen molar-refractivity contribution in [2.75, 3.05) is 31.2 Å². The Balaban J connectivity index is 1.41. The number of nitrogens with zero attached hydrogens (tertiary/aromatic N) is 3. The van der Waals surface area contributed by atoms with Crippen LogP contribution in [0.2, 0.25) is 0 Å². The molecule has 3 aromatic rings. The lowest BCUT2D eigenvalue weighted by molar-refractivity contribution is -0.137. The molecule has 11 heteroatoms. The van der Waals surface area contributed by atoms with E-state index in [1.807, 2.05) is 4.90 Å². The number of hydrogen-bond acceptors (Lipinski definition) is 5. The molecule has 0 radical (unpaired) electrons. The number of alkyl halides is 3. The first-order chi connectivity index (χ1) is 18.7. The molecule has 0 aliphatic carbocycles. The molecule has 2 amide bonds. The molecule has 1 fully saturated rings. The predicted octanol–water partition coefficient (Wildman–Crippen LogP) is 4.43. The molecule has 39 heavy (non-hydrogen) atoms. The summed E-state index contributed by atoms with van der Waals surface area (Å²) in [5.41, 5.74) is 4.38. The number of carbonyl (C=O) groups is 2. The van der Waals surface area contributed by atoms with E-state index < -0.39 is 23.8 Å². The van der Waals surface area contributed by atoms with E-state index in [-0.39, 0.29) is 5.82 Å². The molecule has 2 aliphatic heterocycles. The number of anilines is 1. The normalized spacial score (nSPS) is 17.9. The highest BCUT2D eigenvalue weighted by atomic mass is 19.4. The first kappa shape index (κ1) is 26.1. The Morgan fingerprint density at radius 3 is 2.00 bits per heavy atom. The molecule has 0 bridgehead atoms. The van der Waals surface area contributed by atoms with Crippen molar-refractivity contribution in [1.29, 1.82) is 0 Å². The van der Waals surface area contributed by atoms with Crippen LogP contribution in [0.15, 0.2) is 84.7 Å². The molecular weight excluding hydrogens is 516 g/mol. The Morgan fingerprint density at radius 2 is 1.44 bits per heavy atom. The molecule has 1 N–H and O–H groups in total. The van der Waals surface area contributed by atoms with Crippen LogP contribution in [-0.4, -0.2) is 54.4 Å². The van der Waals surface area contributed by atoms with E-state index in [9.17, 15) is 27.2 Å². The van der Waals surface area contributed by atoms with Gasteiger partial charge < -0.3 is 14.5 Å². The van der Waals surface area contributed by atoms with Crippen LogP contribution < -0.4 is 15.2 Å². The van der Waals surface area contributed by atoms with Crippen molar-refractivity contribution in [1.82, 2.24) is 15.2 Å². The summed E-state index contributed by atoms with van der Waals surface area (Å²) in [6.45, 7) is 1.79. The third-order valence-electron chi connectivity index (χ3n) is 6.59. The first-order valence-corrected chi connectivity index (χ1v) is 12.2. The summed E-state index contributed by atoms with van der Waals surface area (Å²) in [5.74, 6) is -0.421. The summed E-state index contributed by atoms with van der Waals surface area (Å²) in [4.78, 5) is 28.0. The minimum atomic E-state index is -4.48. The van der Waals surface area contributed by atoms with Crippen molar-refractivity contribution >= 4 is 18.0 Å². The minimum Gasteiger partial charge on any atom is -0.474 e. The summed E-state index contributed by atoms with van der Waals surface area (Å²) in [7, 11) is 0. The van der Waals surface area contributed by atoms with Gasteiger partial charge in [-0.05, 0) is 59.7 Å². The molecule has 0 saturated carbocycles. The van der Waals surface area contributed by atoms with E-state index in [2.05, 4.69) is 5.43 Å². The number of ether oxygens (including phenoxy) is 1. The van der Waals surface area contributed by atoms with Gasteiger partial charge in [0, 0.05) is 26.2 Å². The first-order valence-electron chi connectivity index (χ1n) is 12.2. The van der Waals surface area contributed by atoms with Crippen LogP contribution >= 0.6 is 0 Å². The Bertz CT molecular complexity index is 1350. The minimum absolute atomic E-state index is 0.333. The van der Waals surface area contributed by atoms with Gasteiger partial charge in [-0.25, -0.2) is 4.39 Å². The average molecular weight is 541 g/mol. The molecule has 1 atom stereocenters. The number of hydrogen-bond donors (Lipinski definition) is 1. The van der Waals surface area contributed by atoms with Gasteiger partial charge in [0.25, 0.3) is 5.91 Å². The Morgan fingerprint density at radius 1 is 0.846 bits per heavy atom. The number of nitrogens with one attached hydrogen (secondary N) is 1. The van der Waals surface area contributed by atoms with Crippen molar-refractivity contribution in [2.24, 2.45) is 0 Å². The molecule has 1 unspecified atom stereocenters. The highest BCUT2D eigenvalue weighted by molar-refractivity contribution is 5.88. The summed E-state index contributed by atoms with van der Waals surface area (Å²) in [5, 5.41) is 1.36. The number of hydrazine groups is 1. The number of benzene rings is 3. The monoisotopic (exact) mass is 540 g/mol. The topological polar surface area (TPSA) is 65.1 Å². The summed E-state index contributed by atoms with van der Waals surface area (Å²) < 4.78 is 58.4. The summed E-state index contributed by atoms with van der Waals surface area (Å²) in [6, 6.07) is 17.5. The maximum atomic E-state index is 13.3. The molecule has 2 heterocycles. The second kappa shape index (κ2) is 10.7. The highest BCUT2D eigenvalue weighted by Gasteiger charge is 2.36. The highest BCUT2D eigenvalue weighted by Crippen LogP contribution is 2.32. The van der Waals surface area contributed by atoms with Gasteiger partial charge in [-0.1, -0.05) is 24.3 Å². The fourth-order valence-corrected chi connectivity index (χ4v) is 4.45. The summed E-state index contributed by atoms with van der Waals surface area (Å²) in [6.07, 6.45) is -3.13. The van der Waals surface area contributed by atoms with Gasteiger partial charge in [-0.15, -0.1) is 0 Å². The van der Waals surface area contributed by atoms with E-state index in [0.717, 1.165) is 29.7 Å². The van der Waals surface area contributed by atoms with Gasteiger partial charge in [0.05, 0.1) is 23.1 Å². The molecule has 7 nitrogen and oxygen atoms in total. The zero-order valence-corrected chi connectivity index (χ0v) is 20.6. The number of halogens is 4. The molecule has 0 aromatic heterocycles. The smallest absolute Gasteiger partial charge is 0.416 e. The standard InChI is InChI=1S/C28H24F4N4O3/c29-22-7-1-19(2-8-22)20-3-11-24(12-4-20)39-26-25(35-15-13-34(18-37)14-16-35)17-36(33-27(26)38)23-9-5-21(6-10-23)28(30,31)32/h1-12,17-18,26H,13-16H2,(H,33,38). The summed E-state index contributed by atoms with van der Waals surface area (Å²) >= 11 is 0. The lowest BCUT2D eigenvalue weighted by Crippen LogP contribution is -2.57. The number of rotatable bonds is 6. The quantitative estimate of drug-likeness (QED) is 0.371. The fraction of sp³-hybridized carbons (Fsp3) is 0.214. The van der Waals surface area contributed by atoms with Crippen molar-refractivity contribution in [3.05, 3.63) is 96.1 Å². The maximum Gasteiger partial charge on any atom is 0.416 e. The van der Waals surface area contributed by atoms with Crippen LogP contribution in [0.25, 0.3) is 11.1 Å². The van der Waals surface area contributed by atoms with E-state index in [0.29, 0.717) is 43.3 Å². The average Bonchev–Trinajstić information content (AvgIpc) is 2.94. The van der Waals surface area contributed by atoms with Crippen LogP contribution in [0.5, 0.6) is 5.75 Å². The number of piperazine rings is 1. The van der Waals surface area contributed by atoms with Gasteiger partial charge >= 0.3 is 6.18 Å². The van der Waals surface area contributed by atoms with Crippen LogP contribution in [0.4, 0.5) is 23.2 Å². The van der Waals surface area contributed by atoms with E-state index in [1.54, 1.807) is 47.5 Å². The van der Waals surface area contributed by atoms with Crippen molar-refractivity contribution in [2.45, 2.75) is 12.3 Å². The van der Waals surface area contributed by atoms with Crippen LogP contribution in [0.1, 0.15) is 5.56 Å². The molecular formula is C28H24F4N4O3. The van der Waals surface area contributed by atoms with Gasteiger partial charge in [-0.2, -0.15) is 13.2 Å². The lowest BCUT2D eigenvalue weighted by atomic mass is 10.1. The lowest BCUT2D eigenvalue weighted by Gasteiger charge is -2.41. The van der Waals surface area contributed by atoms with Crippen molar-refractivity contribution in [3.8, 4) is 16.9 Å². The predicted molar refractivity (Wildman–Crippen MR) is 136 cm³/mol. The van der Waals surface area contributed by atoms with Crippen molar-refractivity contribution in [3.63, 3.8) is 0 Å². The Kier molecular flexibility index (Phi) is 7.14. The third kappa shape index (κ3) is 5.82. The second-order valence-electron chi connectivity index (χ2n) is 9.10. The SMILES string of the molecule is O=CN1CCN(C2=CN(c3ccc(C(F)(F)F)cc3)NC(=O)C2Oc2ccc(-c3ccc(F)cc3)cc2)CC1. The molecule has 3 aromatic carbocycles. The van der Waals surface area contributed by atoms with Gasteiger partial charge in [-0.3, -0.25) is 20.0 Å². The Labute approximate surface area is 221 Å². The van der Waals surface area contributed by atoms with Crippen LogP contribution in [0.3, 0.4) is 0 Å². The molecule has 1 saturated heterocycles. The van der Waals surface area contributed by atoms with Gasteiger partial charge in [0.2, 0.25) is 12.5 Å². The number of amides is 2. The maximum absolute atomic E-state index is 13.3. The van der Waals surface area contributed by atoms with Crippen LogP contribution in [0, 0.1) is 5.82 Å². The van der Waals surface area contributed by atoms with E-state index in [1.165, 1.54) is 29.3 Å². The number of carbonyl (C=O) groups excluding carboxylic acids is 2. The molecule has 2 aliphatic rings. The van der Waals surface area contributed by atoms with Crippen molar-refractivity contribution < 1.29 is 31.9 Å². The van der Waals surface area contributed by atoms with E-state index in [4.69, 9.17) is 4.74 Å². The fourth-order valence-electron chi connectivity index (χ4n) is 4.45. The third-order valence-corrected chi connectivity index (χ3v) is 6.59. The second-order valence-corrected chi connectivity index (χ2v) is 9.10. The zero-order valence-electron chi connectivity index (χ0n) is 20.6. The molecule has 202 valence electrons. The molecule has 0 spiro atoms. The Hall–Kier alpha value is -4.54. The van der Waals surface area contributed by atoms with Crippen LogP contribution in [-0.2, 0) is 15.8 Å².